The Kier molecular flexibility index (Phi) is 4.85. The van der Waals surface area contributed by atoms with E-state index in [9.17, 15) is 9.59 Å². The maximum Gasteiger partial charge on any atom is 0.350 e. The van der Waals surface area contributed by atoms with Gasteiger partial charge in [0, 0.05) is 31.2 Å². The van der Waals surface area contributed by atoms with Crippen LogP contribution >= 0.6 is 0 Å². The summed E-state index contributed by atoms with van der Waals surface area (Å²) in [6.07, 6.45) is 5.49. The highest BCUT2D eigenvalue weighted by Crippen LogP contribution is 2.23. The van der Waals surface area contributed by atoms with E-state index in [1.807, 2.05) is 31.2 Å². The number of carbonyl (C=O) groups excluding carboxylic acids is 1. The molecule has 1 atom stereocenters. The summed E-state index contributed by atoms with van der Waals surface area (Å²) in [6.45, 7) is 5.83. The van der Waals surface area contributed by atoms with Crippen LogP contribution in [0.15, 0.2) is 41.5 Å². The maximum atomic E-state index is 12.7. The number of hydrogen-bond donors (Lipinski definition) is 1. The fourth-order valence-electron chi connectivity index (χ4n) is 3.62. The minimum Gasteiger partial charge on any atom is -0.353 e. The number of rotatable bonds is 4. The molecule has 2 aromatic heterocycles. The van der Waals surface area contributed by atoms with E-state index in [0.29, 0.717) is 23.1 Å². The molecule has 0 radical (unpaired) electrons. The normalized spacial score (nSPS) is 17.1. The van der Waals surface area contributed by atoms with Gasteiger partial charge in [0.1, 0.15) is 6.54 Å². The average molecular weight is 380 g/mol. The van der Waals surface area contributed by atoms with Crippen molar-refractivity contribution in [3.63, 3.8) is 0 Å². The standard InChI is InChI=1S/C20H24N6O2/c1-14-5-7-16(8-6-14)22-17(27)13-26-20(28)25-11-9-21-18(19(25)23-26)24-10-3-4-15(2)12-24/h5-9,11,15H,3-4,10,12-13H2,1-2H3,(H,22,27)/t15-/m1/s1. The molecule has 1 fully saturated rings. The van der Waals surface area contributed by atoms with E-state index in [4.69, 9.17) is 0 Å². The van der Waals surface area contributed by atoms with E-state index in [1.54, 1.807) is 12.4 Å². The Labute approximate surface area is 162 Å². The molecule has 1 aliphatic heterocycles. The summed E-state index contributed by atoms with van der Waals surface area (Å²) in [4.78, 5) is 31.7. The number of hydrogen-bond acceptors (Lipinski definition) is 5. The van der Waals surface area contributed by atoms with Gasteiger partial charge in [0.25, 0.3) is 0 Å². The Morgan fingerprint density at radius 1 is 1.29 bits per heavy atom. The van der Waals surface area contributed by atoms with Crippen molar-refractivity contribution >= 4 is 23.1 Å². The number of nitrogens with one attached hydrogen (secondary N) is 1. The van der Waals surface area contributed by atoms with Crippen LogP contribution in [0.5, 0.6) is 0 Å². The van der Waals surface area contributed by atoms with Gasteiger partial charge < -0.3 is 10.2 Å². The third-order valence-electron chi connectivity index (χ3n) is 5.07. The number of benzene rings is 1. The lowest BCUT2D eigenvalue weighted by molar-refractivity contribution is -0.117. The third kappa shape index (κ3) is 3.62. The molecule has 0 unspecified atom stereocenters. The molecule has 8 nitrogen and oxygen atoms in total. The van der Waals surface area contributed by atoms with Gasteiger partial charge in [0.05, 0.1) is 0 Å². The van der Waals surface area contributed by atoms with Gasteiger partial charge in [-0.2, -0.15) is 0 Å². The van der Waals surface area contributed by atoms with Crippen LogP contribution in [-0.4, -0.2) is 38.2 Å². The Hall–Kier alpha value is -3.16. The molecule has 4 rings (SSSR count). The Morgan fingerprint density at radius 2 is 2.07 bits per heavy atom. The van der Waals surface area contributed by atoms with Crippen LogP contribution in [0.25, 0.3) is 5.65 Å². The van der Waals surface area contributed by atoms with Crippen molar-refractivity contribution in [2.24, 2.45) is 5.92 Å². The maximum absolute atomic E-state index is 12.7. The fraction of sp³-hybridized carbons (Fsp3) is 0.400. The molecule has 0 bridgehead atoms. The fourth-order valence-corrected chi connectivity index (χ4v) is 3.62. The predicted molar refractivity (Wildman–Crippen MR) is 108 cm³/mol. The van der Waals surface area contributed by atoms with Crippen LogP contribution in [0.3, 0.4) is 0 Å². The largest absolute Gasteiger partial charge is 0.353 e. The lowest BCUT2D eigenvalue weighted by Crippen LogP contribution is -2.35. The first-order valence-corrected chi connectivity index (χ1v) is 9.57. The zero-order valence-corrected chi connectivity index (χ0v) is 16.1. The summed E-state index contributed by atoms with van der Waals surface area (Å²) in [5.41, 5.74) is 1.95. The first-order valence-electron chi connectivity index (χ1n) is 9.57. The quantitative estimate of drug-likeness (QED) is 0.749. The first-order chi connectivity index (χ1) is 13.5. The highest BCUT2D eigenvalue weighted by molar-refractivity contribution is 5.90. The van der Waals surface area contributed by atoms with Gasteiger partial charge in [-0.25, -0.2) is 18.9 Å². The van der Waals surface area contributed by atoms with Crippen LogP contribution in [0.2, 0.25) is 0 Å². The van der Waals surface area contributed by atoms with Crippen molar-refractivity contribution in [2.75, 3.05) is 23.3 Å². The van der Waals surface area contributed by atoms with E-state index >= 15 is 0 Å². The van der Waals surface area contributed by atoms with Gasteiger partial charge in [-0.3, -0.25) is 4.79 Å². The molecular weight excluding hydrogens is 356 g/mol. The average Bonchev–Trinajstić information content (AvgIpc) is 2.99. The number of anilines is 2. The van der Waals surface area contributed by atoms with Gasteiger partial charge in [-0.15, -0.1) is 5.10 Å². The first kappa shape index (κ1) is 18.2. The number of carbonyl (C=O) groups is 1. The monoisotopic (exact) mass is 380 g/mol. The van der Waals surface area contributed by atoms with E-state index < -0.39 is 0 Å². The predicted octanol–water partition coefficient (Wildman–Crippen LogP) is 2.07. The number of nitrogens with zero attached hydrogens (tertiary/aromatic N) is 5. The minimum atomic E-state index is -0.345. The Morgan fingerprint density at radius 3 is 2.82 bits per heavy atom. The highest BCUT2D eigenvalue weighted by atomic mass is 16.2. The van der Waals surface area contributed by atoms with Crippen LogP contribution in [0.4, 0.5) is 11.5 Å². The SMILES string of the molecule is Cc1ccc(NC(=O)Cn2nc3c(N4CCC[C@@H](C)C4)nccn3c2=O)cc1. The Bertz CT molecular complexity index is 1050. The number of amides is 1. The zero-order valence-electron chi connectivity index (χ0n) is 16.1. The van der Waals surface area contributed by atoms with Crippen molar-refractivity contribution in [1.29, 1.82) is 0 Å². The smallest absolute Gasteiger partial charge is 0.350 e. The molecule has 1 amide bonds. The summed E-state index contributed by atoms with van der Waals surface area (Å²) < 4.78 is 2.65. The molecule has 8 heteroatoms. The van der Waals surface area contributed by atoms with Gasteiger partial charge in [0.2, 0.25) is 11.6 Å². The van der Waals surface area contributed by atoms with Gasteiger partial charge in [-0.1, -0.05) is 24.6 Å². The molecular formula is C20H24N6O2. The van der Waals surface area contributed by atoms with Crippen molar-refractivity contribution < 1.29 is 4.79 Å². The molecule has 1 saturated heterocycles. The molecule has 1 N–H and O–H groups in total. The topological polar surface area (TPSA) is 84.5 Å². The van der Waals surface area contributed by atoms with Crippen LogP contribution in [-0.2, 0) is 11.3 Å². The number of piperidine rings is 1. The highest BCUT2D eigenvalue weighted by Gasteiger charge is 2.22. The summed E-state index contributed by atoms with van der Waals surface area (Å²) in [7, 11) is 0. The van der Waals surface area contributed by atoms with E-state index in [2.05, 4.69) is 27.2 Å². The molecule has 0 aliphatic carbocycles. The van der Waals surface area contributed by atoms with Crippen LogP contribution in [0.1, 0.15) is 25.3 Å². The van der Waals surface area contributed by atoms with Crippen molar-refractivity contribution in [3.05, 3.63) is 52.7 Å². The molecule has 28 heavy (non-hydrogen) atoms. The lowest BCUT2D eigenvalue weighted by Gasteiger charge is -2.31. The molecule has 3 aromatic rings. The number of fused-ring (bicyclic) bond motifs is 1. The van der Waals surface area contributed by atoms with E-state index in [1.165, 1.54) is 15.5 Å². The molecule has 0 spiro atoms. The van der Waals surface area contributed by atoms with E-state index in [-0.39, 0.29) is 18.1 Å². The molecule has 1 aliphatic rings. The van der Waals surface area contributed by atoms with Crippen LogP contribution in [0, 0.1) is 12.8 Å². The van der Waals surface area contributed by atoms with Gasteiger partial charge in [0.15, 0.2) is 5.82 Å². The van der Waals surface area contributed by atoms with Crippen molar-refractivity contribution in [3.8, 4) is 0 Å². The summed E-state index contributed by atoms with van der Waals surface area (Å²) in [5.74, 6) is 0.976. The molecule has 0 saturated carbocycles. The second-order valence-corrected chi connectivity index (χ2v) is 7.49. The van der Waals surface area contributed by atoms with E-state index in [0.717, 1.165) is 25.1 Å². The lowest BCUT2D eigenvalue weighted by atomic mass is 10.0. The molecule has 3 heterocycles. The second-order valence-electron chi connectivity index (χ2n) is 7.49. The zero-order chi connectivity index (χ0) is 19.7. The molecule has 146 valence electrons. The number of aryl methyl sites for hydroxylation is 1. The summed E-state index contributed by atoms with van der Waals surface area (Å²) >= 11 is 0. The summed E-state index contributed by atoms with van der Waals surface area (Å²) in [5, 5.41) is 7.21. The Balaban J connectivity index is 1.59. The van der Waals surface area contributed by atoms with Crippen molar-refractivity contribution in [2.45, 2.75) is 33.2 Å². The minimum absolute atomic E-state index is 0.149. The van der Waals surface area contributed by atoms with Gasteiger partial charge >= 0.3 is 5.69 Å². The van der Waals surface area contributed by atoms with Crippen molar-refractivity contribution in [1.82, 2.24) is 19.2 Å². The summed E-state index contributed by atoms with van der Waals surface area (Å²) in [6, 6.07) is 7.51. The van der Waals surface area contributed by atoms with Gasteiger partial charge in [-0.05, 0) is 37.8 Å². The second kappa shape index (κ2) is 7.46. The number of aromatic nitrogens is 4. The third-order valence-corrected chi connectivity index (χ3v) is 5.07. The molecule has 1 aromatic carbocycles. The van der Waals surface area contributed by atoms with Crippen LogP contribution < -0.4 is 15.9 Å².